The second-order valence-electron chi connectivity index (χ2n) is 7.32. The van der Waals surface area contributed by atoms with E-state index in [0.717, 1.165) is 29.0 Å². The lowest BCUT2D eigenvalue weighted by Gasteiger charge is -2.34. The van der Waals surface area contributed by atoms with E-state index in [2.05, 4.69) is 20.3 Å². The van der Waals surface area contributed by atoms with E-state index >= 15 is 0 Å². The van der Waals surface area contributed by atoms with Gasteiger partial charge in [-0.05, 0) is 23.3 Å². The number of hydrogen-bond acceptors (Lipinski definition) is 4. The first-order valence-electron chi connectivity index (χ1n) is 9.49. The smallest absolute Gasteiger partial charge is 0.153 e. The van der Waals surface area contributed by atoms with E-state index in [1.807, 2.05) is 37.4 Å². The molecule has 8 heteroatoms. The average Bonchev–Trinajstić information content (AvgIpc) is 3.39. The Morgan fingerprint density at radius 3 is 2.50 bits per heavy atom. The van der Waals surface area contributed by atoms with Gasteiger partial charge in [0.05, 0.1) is 5.69 Å². The lowest BCUT2D eigenvalue weighted by atomic mass is 9.75. The summed E-state index contributed by atoms with van der Waals surface area (Å²) in [5.41, 5.74) is 1.03. The van der Waals surface area contributed by atoms with Gasteiger partial charge in [0.25, 0.3) is 0 Å². The summed E-state index contributed by atoms with van der Waals surface area (Å²) in [6.07, 6.45) is 3.08. The maximum Gasteiger partial charge on any atom is 0.153 e. The van der Waals surface area contributed by atoms with Crippen molar-refractivity contribution in [1.29, 1.82) is 0 Å². The number of H-pyrrole nitrogens is 1. The van der Waals surface area contributed by atoms with Crippen LogP contribution in [0.25, 0.3) is 11.3 Å². The minimum absolute atomic E-state index is 0.00286. The topological polar surface area (TPSA) is 79.6 Å². The van der Waals surface area contributed by atoms with E-state index in [9.17, 15) is 13.9 Å². The number of halogens is 2. The van der Waals surface area contributed by atoms with E-state index in [4.69, 9.17) is 0 Å². The van der Waals surface area contributed by atoms with Gasteiger partial charge in [0.15, 0.2) is 5.82 Å². The van der Waals surface area contributed by atoms with Gasteiger partial charge in [-0.3, -0.25) is 9.78 Å². The SMILES string of the molecule is C[C@@H](c1ccc(-c2ccnn2C)cc1)[C@](O)(Cc1nc[nH]n1)c1ccc(F)cc1F. The van der Waals surface area contributed by atoms with Crippen LogP contribution >= 0.6 is 0 Å². The number of aryl methyl sites for hydroxylation is 1. The van der Waals surface area contributed by atoms with Crippen molar-refractivity contribution in [1.82, 2.24) is 25.0 Å². The highest BCUT2D eigenvalue weighted by Gasteiger charge is 2.40. The molecule has 2 aromatic carbocycles. The number of aromatic nitrogens is 5. The Bertz CT molecular complexity index is 1140. The standard InChI is InChI=1S/C22H21F2N5O/c1-14(15-3-5-16(6-4-15)20-9-10-27-29(20)2)22(30,12-21-25-13-26-28-21)18-8-7-17(23)11-19(18)24/h3-11,13-14,30H,12H2,1-2H3,(H,25,26,28)/t14-,22+/m0/s1. The lowest BCUT2D eigenvalue weighted by Crippen LogP contribution is -2.36. The molecule has 0 unspecified atom stereocenters. The summed E-state index contributed by atoms with van der Waals surface area (Å²) in [7, 11) is 1.86. The second kappa shape index (κ2) is 7.79. The highest BCUT2D eigenvalue weighted by Crippen LogP contribution is 2.40. The third kappa shape index (κ3) is 3.61. The maximum atomic E-state index is 14.7. The Labute approximate surface area is 172 Å². The molecule has 0 aliphatic heterocycles. The lowest BCUT2D eigenvalue weighted by molar-refractivity contribution is 0.00742. The molecule has 0 aliphatic carbocycles. The highest BCUT2D eigenvalue weighted by atomic mass is 19.1. The van der Waals surface area contributed by atoms with Crippen LogP contribution in [0.15, 0.2) is 61.1 Å². The molecule has 0 bridgehead atoms. The summed E-state index contributed by atoms with van der Waals surface area (Å²) in [5.74, 6) is -1.72. The first-order valence-corrected chi connectivity index (χ1v) is 9.49. The van der Waals surface area contributed by atoms with Gasteiger partial charge < -0.3 is 5.11 Å². The zero-order valence-electron chi connectivity index (χ0n) is 16.5. The predicted octanol–water partition coefficient (Wildman–Crippen LogP) is 3.72. The highest BCUT2D eigenvalue weighted by molar-refractivity contribution is 5.59. The van der Waals surface area contributed by atoms with Gasteiger partial charge in [0, 0.05) is 37.2 Å². The van der Waals surface area contributed by atoms with Crippen molar-refractivity contribution >= 4 is 0 Å². The monoisotopic (exact) mass is 409 g/mol. The number of nitrogens with zero attached hydrogens (tertiary/aromatic N) is 4. The van der Waals surface area contributed by atoms with Gasteiger partial charge in [0.2, 0.25) is 0 Å². The second-order valence-corrected chi connectivity index (χ2v) is 7.32. The number of benzene rings is 2. The summed E-state index contributed by atoms with van der Waals surface area (Å²) in [6.45, 7) is 1.80. The Balaban J connectivity index is 1.74. The molecular weight excluding hydrogens is 388 g/mol. The fraction of sp³-hybridized carbons (Fsp3) is 0.227. The molecule has 2 N–H and O–H groups in total. The van der Waals surface area contributed by atoms with Crippen LogP contribution in [0.4, 0.5) is 8.78 Å². The van der Waals surface area contributed by atoms with E-state index in [0.29, 0.717) is 5.82 Å². The molecule has 0 spiro atoms. The van der Waals surface area contributed by atoms with Crippen molar-refractivity contribution < 1.29 is 13.9 Å². The van der Waals surface area contributed by atoms with Crippen molar-refractivity contribution in [2.75, 3.05) is 0 Å². The van der Waals surface area contributed by atoms with Crippen LogP contribution in [0.5, 0.6) is 0 Å². The van der Waals surface area contributed by atoms with Crippen LogP contribution < -0.4 is 0 Å². The fourth-order valence-corrected chi connectivity index (χ4v) is 3.76. The molecule has 0 radical (unpaired) electrons. The van der Waals surface area contributed by atoms with Crippen molar-refractivity contribution in [3.8, 4) is 11.3 Å². The van der Waals surface area contributed by atoms with Gasteiger partial charge in [0.1, 0.15) is 23.6 Å². The minimum atomic E-state index is -1.69. The molecule has 0 amide bonds. The summed E-state index contributed by atoms with van der Waals surface area (Å²) >= 11 is 0. The third-order valence-electron chi connectivity index (χ3n) is 5.53. The van der Waals surface area contributed by atoms with Crippen LogP contribution in [0.3, 0.4) is 0 Å². The quantitative estimate of drug-likeness (QED) is 0.509. The van der Waals surface area contributed by atoms with Crippen LogP contribution in [0.2, 0.25) is 0 Å². The van der Waals surface area contributed by atoms with E-state index in [-0.39, 0.29) is 12.0 Å². The Morgan fingerprint density at radius 2 is 1.90 bits per heavy atom. The van der Waals surface area contributed by atoms with Crippen molar-refractivity contribution in [2.24, 2.45) is 7.05 Å². The van der Waals surface area contributed by atoms with Crippen LogP contribution in [0, 0.1) is 11.6 Å². The molecular formula is C22H21F2N5O. The molecule has 0 saturated heterocycles. The average molecular weight is 409 g/mol. The Kier molecular flexibility index (Phi) is 5.17. The number of hydrogen-bond donors (Lipinski definition) is 2. The van der Waals surface area contributed by atoms with Crippen LogP contribution in [-0.2, 0) is 19.1 Å². The summed E-state index contributed by atoms with van der Waals surface area (Å²) in [6, 6.07) is 12.7. The summed E-state index contributed by atoms with van der Waals surface area (Å²) < 4.78 is 29.9. The first-order chi connectivity index (χ1) is 14.4. The molecule has 0 saturated carbocycles. The molecule has 4 rings (SSSR count). The molecule has 4 aromatic rings. The number of aliphatic hydroxyl groups is 1. The zero-order valence-corrected chi connectivity index (χ0v) is 16.5. The van der Waals surface area contributed by atoms with Gasteiger partial charge in [-0.25, -0.2) is 13.8 Å². The minimum Gasteiger partial charge on any atom is -0.384 e. The van der Waals surface area contributed by atoms with Gasteiger partial charge in [-0.1, -0.05) is 37.3 Å². The normalized spacial score (nSPS) is 14.4. The first kappa shape index (κ1) is 19.9. The van der Waals surface area contributed by atoms with E-state index < -0.39 is 23.2 Å². The molecule has 0 fully saturated rings. The number of nitrogens with one attached hydrogen (secondary N) is 1. The largest absolute Gasteiger partial charge is 0.384 e. The molecule has 2 aromatic heterocycles. The molecule has 154 valence electrons. The number of rotatable bonds is 6. The van der Waals surface area contributed by atoms with Gasteiger partial charge in [-0.2, -0.15) is 10.2 Å². The van der Waals surface area contributed by atoms with E-state index in [1.54, 1.807) is 17.8 Å². The van der Waals surface area contributed by atoms with Gasteiger partial charge in [-0.15, -0.1) is 0 Å². The number of aromatic amines is 1. The predicted molar refractivity (Wildman–Crippen MR) is 107 cm³/mol. The fourth-order valence-electron chi connectivity index (χ4n) is 3.76. The molecule has 30 heavy (non-hydrogen) atoms. The zero-order chi connectivity index (χ0) is 21.3. The Hall–Kier alpha value is -3.39. The van der Waals surface area contributed by atoms with Crippen molar-refractivity contribution in [3.05, 3.63) is 89.6 Å². The van der Waals surface area contributed by atoms with Crippen LogP contribution in [-0.4, -0.2) is 30.1 Å². The van der Waals surface area contributed by atoms with Gasteiger partial charge >= 0.3 is 0 Å². The molecule has 0 aliphatic rings. The molecule has 2 atom stereocenters. The summed E-state index contributed by atoms with van der Waals surface area (Å²) in [5, 5.41) is 22.5. The van der Waals surface area contributed by atoms with Crippen LogP contribution in [0.1, 0.15) is 29.8 Å². The van der Waals surface area contributed by atoms with Crippen molar-refractivity contribution in [3.63, 3.8) is 0 Å². The Morgan fingerprint density at radius 1 is 1.13 bits per heavy atom. The molecule has 2 heterocycles. The third-order valence-corrected chi connectivity index (χ3v) is 5.53. The van der Waals surface area contributed by atoms with Crippen molar-refractivity contribution in [2.45, 2.75) is 24.9 Å². The molecule has 6 nitrogen and oxygen atoms in total. The van der Waals surface area contributed by atoms with E-state index in [1.165, 1.54) is 12.4 Å². The summed E-state index contributed by atoms with van der Waals surface area (Å²) in [4.78, 5) is 4.07. The maximum absolute atomic E-state index is 14.7.